The highest BCUT2D eigenvalue weighted by Crippen LogP contribution is 2.16. The Kier molecular flexibility index (Phi) is 6.40. The first kappa shape index (κ1) is 18.4. The Hall–Kier alpha value is -3.35. The number of hydrogen-bond donors (Lipinski definition) is 2. The number of aromatic nitrogens is 3. The predicted octanol–water partition coefficient (Wildman–Crippen LogP) is 2.53. The molecule has 0 saturated heterocycles. The fraction of sp³-hybridized carbons (Fsp3) is 0.250. The molecule has 140 valence electrons. The number of nitrogens with zero attached hydrogens (tertiary/aromatic N) is 4. The van der Waals surface area contributed by atoms with Gasteiger partial charge in [0.1, 0.15) is 5.75 Å². The van der Waals surface area contributed by atoms with E-state index >= 15 is 0 Å². The van der Waals surface area contributed by atoms with Crippen molar-refractivity contribution in [1.29, 1.82) is 0 Å². The Bertz CT molecular complexity index is 876. The lowest BCUT2D eigenvalue weighted by Crippen LogP contribution is -2.36. The molecule has 0 spiro atoms. The molecule has 2 N–H and O–H groups in total. The molecule has 1 aromatic carbocycles. The number of hydrogen-bond acceptors (Lipinski definition) is 4. The number of para-hydroxylation sites is 1. The second-order valence-electron chi connectivity index (χ2n) is 5.83. The maximum Gasteiger partial charge on any atom is 0.191 e. The summed E-state index contributed by atoms with van der Waals surface area (Å²) in [6.07, 6.45) is 5.38. The van der Waals surface area contributed by atoms with Crippen molar-refractivity contribution in [3.8, 4) is 11.6 Å². The van der Waals surface area contributed by atoms with Crippen LogP contribution in [0.3, 0.4) is 0 Å². The summed E-state index contributed by atoms with van der Waals surface area (Å²) in [5.41, 5.74) is 2.14. The van der Waals surface area contributed by atoms with E-state index in [0.29, 0.717) is 13.1 Å². The molecule has 0 aliphatic heterocycles. The molecule has 7 nitrogen and oxygen atoms in total. The van der Waals surface area contributed by atoms with Gasteiger partial charge in [-0.1, -0.05) is 18.2 Å². The van der Waals surface area contributed by atoms with Crippen LogP contribution in [-0.4, -0.2) is 34.4 Å². The van der Waals surface area contributed by atoms with Gasteiger partial charge in [-0.2, -0.15) is 5.10 Å². The average Bonchev–Trinajstić information content (AvgIpc) is 3.25. The van der Waals surface area contributed by atoms with E-state index in [2.05, 4.69) is 25.7 Å². The molecular weight excluding hydrogens is 340 g/mol. The summed E-state index contributed by atoms with van der Waals surface area (Å²) >= 11 is 0. The summed E-state index contributed by atoms with van der Waals surface area (Å²) in [4.78, 5) is 9.02. The van der Waals surface area contributed by atoms with Gasteiger partial charge in [-0.3, -0.25) is 0 Å². The van der Waals surface area contributed by atoms with Gasteiger partial charge in [-0.05, 0) is 36.8 Å². The fourth-order valence-electron chi connectivity index (χ4n) is 2.63. The van der Waals surface area contributed by atoms with Crippen molar-refractivity contribution in [3.05, 3.63) is 72.2 Å². The standard InChI is InChI=1S/C20H24N6O/c1-3-21-20(24-15-17-7-4-5-8-18(17)27-2)23-14-16-9-11-22-19(13-16)26-12-6-10-25-26/h4-13H,3,14-15H2,1-2H3,(H2,21,23,24). The Morgan fingerprint density at radius 2 is 2.04 bits per heavy atom. The lowest BCUT2D eigenvalue weighted by atomic mass is 10.2. The fourth-order valence-corrected chi connectivity index (χ4v) is 2.63. The van der Waals surface area contributed by atoms with Gasteiger partial charge in [-0.15, -0.1) is 0 Å². The Balaban J connectivity index is 1.68. The maximum absolute atomic E-state index is 5.40. The number of pyridine rings is 1. The van der Waals surface area contributed by atoms with Crippen LogP contribution in [-0.2, 0) is 13.1 Å². The normalized spacial score (nSPS) is 11.3. The minimum atomic E-state index is 0.540. The second kappa shape index (κ2) is 9.38. The van der Waals surface area contributed by atoms with Crippen molar-refractivity contribution in [2.75, 3.05) is 13.7 Å². The third-order valence-electron chi connectivity index (χ3n) is 3.95. The van der Waals surface area contributed by atoms with Crippen LogP contribution in [0.15, 0.2) is 66.0 Å². The topological polar surface area (TPSA) is 76.4 Å². The van der Waals surface area contributed by atoms with Crippen LogP contribution in [0, 0.1) is 0 Å². The van der Waals surface area contributed by atoms with Gasteiger partial charge in [-0.25, -0.2) is 14.7 Å². The molecule has 27 heavy (non-hydrogen) atoms. The average molecular weight is 364 g/mol. The molecule has 0 radical (unpaired) electrons. The monoisotopic (exact) mass is 364 g/mol. The molecule has 2 aromatic heterocycles. The molecule has 3 aromatic rings. The number of aliphatic imine (C=N–C) groups is 1. The second-order valence-corrected chi connectivity index (χ2v) is 5.83. The number of ether oxygens (including phenoxy) is 1. The largest absolute Gasteiger partial charge is 0.496 e. The smallest absolute Gasteiger partial charge is 0.191 e. The van der Waals surface area contributed by atoms with E-state index in [1.807, 2.05) is 55.6 Å². The highest BCUT2D eigenvalue weighted by atomic mass is 16.5. The van der Waals surface area contributed by atoms with Gasteiger partial charge in [0, 0.05) is 37.2 Å². The van der Waals surface area contributed by atoms with Gasteiger partial charge in [0.05, 0.1) is 13.7 Å². The number of benzene rings is 1. The van der Waals surface area contributed by atoms with Crippen LogP contribution in [0.2, 0.25) is 0 Å². The molecular formula is C20H24N6O. The van der Waals surface area contributed by atoms with Crippen LogP contribution in [0.5, 0.6) is 5.75 Å². The minimum absolute atomic E-state index is 0.540. The summed E-state index contributed by atoms with van der Waals surface area (Å²) in [7, 11) is 1.68. The summed E-state index contributed by atoms with van der Waals surface area (Å²) < 4.78 is 7.13. The van der Waals surface area contributed by atoms with Crippen molar-refractivity contribution >= 4 is 5.96 Å². The highest BCUT2D eigenvalue weighted by molar-refractivity contribution is 5.79. The van der Waals surface area contributed by atoms with E-state index in [1.54, 1.807) is 24.2 Å². The van der Waals surface area contributed by atoms with Gasteiger partial charge >= 0.3 is 0 Å². The summed E-state index contributed by atoms with van der Waals surface area (Å²) in [6.45, 7) is 4.00. The predicted molar refractivity (Wildman–Crippen MR) is 106 cm³/mol. The number of methoxy groups -OCH3 is 1. The van der Waals surface area contributed by atoms with E-state index in [4.69, 9.17) is 4.74 Å². The van der Waals surface area contributed by atoms with Crippen LogP contribution in [0.4, 0.5) is 0 Å². The highest BCUT2D eigenvalue weighted by Gasteiger charge is 2.04. The first-order valence-electron chi connectivity index (χ1n) is 8.89. The zero-order chi connectivity index (χ0) is 18.9. The maximum atomic E-state index is 5.40. The molecule has 0 aliphatic carbocycles. The Labute approximate surface area is 159 Å². The quantitative estimate of drug-likeness (QED) is 0.498. The van der Waals surface area contributed by atoms with Crippen molar-refractivity contribution in [2.45, 2.75) is 20.0 Å². The van der Waals surface area contributed by atoms with Crippen LogP contribution < -0.4 is 15.4 Å². The van der Waals surface area contributed by atoms with Gasteiger partial charge in [0.2, 0.25) is 0 Å². The molecule has 7 heteroatoms. The Morgan fingerprint density at radius 3 is 2.81 bits per heavy atom. The zero-order valence-electron chi connectivity index (χ0n) is 15.6. The van der Waals surface area contributed by atoms with Gasteiger partial charge in [0.25, 0.3) is 0 Å². The van der Waals surface area contributed by atoms with Crippen molar-refractivity contribution in [1.82, 2.24) is 25.4 Å². The SMILES string of the molecule is CCNC(=NCc1ccnc(-n2cccn2)c1)NCc1ccccc1OC. The van der Waals surface area contributed by atoms with Crippen molar-refractivity contribution < 1.29 is 4.74 Å². The third-order valence-corrected chi connectivity index (χ3v) is 3.95. The number of guanidine groups is 1. The van der Waals surface area contributed by atoms with Gasteiger partial charge < -0.3 is 15.4 Å². The minimum Gasteiger partial charge on any atom is -0.496 e. The van der Waals surface area contributed by atoms with Crippen molar-refractivity contribution in [3.63, 3.8) is 0 Å². The first-order chi connectivity index (χ1) is 13.3. The van der Waals surface area contributed by atoms with E-state index in [0.717, 1.165) is 35.2 Å². The molecule has 0 unspecified atom stereocenters. The van der Waals surface area contributed by atoms with E-state index < -0.39 is 0 Å². The Morgan fingerprint density at radius 1 is 1.15 bits per heavy atom. The van der Waals surface area contributed by atoms with E-state index in [1.165, 1.54) is 0 Å². The molecule has 2 heterocycles. The molecule has 0 atom stereocenters. The zero-order valence-corrected chi connectivity index (χ0v) is 15.6. The molecule has 3 rings (SSSR count). The van der Waals surface area contributed by atoms with Crippen LogP contribution >= 0.6 is 0 Å². The summed E-state index contributed by atoms with van der Waals surface area (Å²) in [5, 5.41) is 10.8. The summed E-state index contributed by atoms with van der Waals surface area (Å²) in [5.74, 6) is 2.39. The molecule has 0 amide bonds. The number of rotatable bonds is 7. The van der Waals surface area contributed by atoms with Gasteiger partial charge in [0.15, 0.2) is 11.8 Å². The molecule has 0 bridgehead atoms. The lowest BCUT2D eigenvalue weighted by molar-refractivity contribution is 0.409. The van der Waals surface area contributed by atoms with Crippen LogP contribution in [0.1, 0.15) is 18.1 Å². The third kappa shape index (κ3) is 5.07. The summed E-state index contributed by atoms with van der Waals surface area (Å²) in [6, 6.07) is 13.8. The first-order valence-corrected chi connectivity index (χ1v) is 8.89. The van der Waals surface area contributed by atoms with E-state index in [9.17, 15) is 0 Å². The van der Waals surface area contributed by atoms with Crippen molar-refractivity contribution in [2.24, 2.45) is 4.99 Å². The molecule has 0 saturated carbocycles. The molecule has 0 aliphatic rings. The van der Waals surface area contributed by atoms with E-state index in [-0.39, 0.29) is 0 Å². The number of nitrogens with one attached hydrogen (secondary N) is 2. The van der Waals surface area contributed by atoms with Crippen LogP contribution in [0.25, 0.3) is 5.82 Å². The molecule has 0 fully saturated rings. The lowest BCUT2D eigenvalue weighted by Gasteiger charge is -2.13.